The zero-order valence-corrected chi connectivity index (χ0v) is 12.3. The Balaban J connectivity index is 2.40. The van der Waals surface area contributed by atoms with E-state index in [0.29, 0.717) is 17.2 Å². The summed E-state index contributed by atoms with van der Waals surface area (Å²) < 4.78 is 16.1. The Morgan fingerprint density at radius 1 is 1.47 bits per heavy atom. The largest absolute Gasteiger partial charge is 0.497 e. The van der Waals surface area contributed by atoms with E-state index in [1.807, 2.05) is 19.1 Å². The predicted octanol–water partition coefficient (Wildman–Crippen LogP) is 0.990. The first-order chi connectivity index (χ1) is 9.01. The number of nitrogens with one attached hydrogen (secondary N) is 2. The van der Waals surface area contributed by atoms with E-state index in [4.69, 9.17) is 4.74 Å². The molecule has 106 valence electrons. The van der Waals surface area contributed by atoms with Crippen molar-refractivity contribution < 1.29 is 13.7 Å². The second-order valence-electron chi connectivity index (χ2n) is 4.30. The maximum atomic E-state index is 11.7. The third-order valence-corrected chi connectivity index (χ3v) is 3.42. The van der Waals surface area contributed by atoms with Crippen molar-refractivity contribution in [2.45, 2.75) is 13.0 Å². The van der Waals surface area contributed by atoms with E-state index in [1.165, 1.54) is 0 Å². The van der Waals surface area contributed by atoms with Gasteiger partial charge in [-0.15, -0.1) is 0 Å². The van der Waals surface area contributed by atoms with Crippen molar-refractivity contribution in [1.29, 1.82) is 0 Å². The fourth-order valence-corrected chi connectivity index (χ4v) is 2.41. The Labute approximate surface area is 116 Å². The standard InChI is InChI=1S/C13H20N2O3S/c1-10(9-19(3)17)14-8-13(16)15-11-5-4-6-12(7-11)18-2/h4-7,10,14H,8-9H2,1-3H3,(H,15,16). The van der Waals surface area contributed by atoms with Gasteiger partial charge in [-0.25, -0.2) is 0 Å². The van der Waals surface area contributed by atoms with Gasteiger partial charge >= 0.3 is 0 Å². The number of carbonyl (C=O) groups is 1. The van der Waals surface area contributed by atoms with Gasteiger partial charge in [0.2, 0.25) is 5.91 Å². The lowest BCUT2D eigenvalue weighted by molar-refractivity contribution is -0.115. The SMILES string of the molecule is COc1cccc(NC(=O)CNC(C)CS(C)=O)c1. The van der Waals surface area contributed by atoms with Gasteiger partial charge in [-0.2, -0.15) is 0 Å². The summed E-state index contributed by atoms with van der Waals surface area (Å²) in [6, 6.07) is 7.21. The first kappa shape index (κ1) is 15.7. The Morgan fingerprint density at radius 2 is 2.21 bits per heavy atom. The van der Waals surface area contributed by atoms with Crippen molar-refractivity contribution >= 4 is 22.4 Å². The zero-order valence-electron chi connectivity index (χ0n) is 11.4. The molecular weight excluding hydrogens is 264 g/mol. The van der Waals surface area contributed by atoms with E-state index in [2.05, 4.69) is 10.6 Å². The third-order valence-electron chi connectivity index (χ3n) is 2.45. The number of methoxy groups -OCH3 is 1. The average Bonchev–Trinajstić information content (AvgIpc) is 2.36. The van der Waals surface area contributed by atoms with Crippen LogP contribution < -0.4 is 15.4 Å². The third kappa shape index (κ3) is 6.35. The molecule has 0 fully saturated rings. The maximum Gasteiger partial charge on any atom is 0.238 e. The summed E-state index contributed by atoms with van der Waals surface area (Å²) in [6.45, 7) is 2.09. The van der Waals surface area contributed by atoms with E-state index in [0.717, 1.165) is 0 Å². The number of anilines is 1. The van der Waals surface area contributed by atoms with E-state index in [1.54, 1.807) is 25.5 Å². The lowest BCUT2D eigenvalue weighted by atomic mass is 10.3. The molecule has 6 heteroatoms. The first-order valence-electron chi connectivity index (χ1n) is 5.98. The Kier molecular flexibility index (Phi) is 6.52. The molecule has 0 aromatic heterocycles. The number of hydrogen-bond acceptors (Lipinski definition) is 4. The van der Waals surface area contributed by atoms with Crippen molar-refractivity contribution in [3.8, 4) is 5.75 Å². The molecule has 2 atom stereocenters. The molecule has 0 saturated heterocycles. The summed E-state index contributed by atoms with van der Waals surface area (Å²) in [6.07, 6.45) is 1.65. The molecule has 2 N–H and O–H groups in total. The van der Waals surface area contributed by atoms with Gasteiger partial charge in [-0.3, -0.25) is 9.00 Å². The average molecular weight is 284 g/mol. The molecule has 19 heavy (non-hydrogen) atoms. The maximum absolute atomic E-state index is 11.7. The zero-order chi connectivity index (χ0) is 14.3. The van der Waals surface area contributed by atoms with Crippen LogP contribution in [0.15, 0.2) is 24.3 Å². The molecule has 1 amide bonds. The van der Waals surface area contributed by atoms with Crippen molar-refractivity contribution in [2.75, 3.05) is 31.0 Å². The van der Waals surface area contributed by atoms with Crippen molar-refractivity contribution in [3.05, 3.63) is 24.3 Å². The molecular formula is C13H20N2O3S. The van der Waals surface area contributed by atoms with Crippen molar-refractivity contribution in [2.24, 2.45) is 0 Å². The molecule has 0 aliphatic heterocycles. The second-order valence-corrected chi connectivity index (χ2v) is 5.78. The Morgan fingerprint density at radius 3 is 2.84 bits per heavy atom. The molecule has 1 rings (SSSR count). The summed E-state index contributed by atoms with van der Waals surface area (Å²) in [7, 11) is 0.715. The van der Waals surface area contributed by atoms with E-state index in [9.17, 15) is 9.00 Å². The normalized spacial score (nSPS) is 13.6. The van der Waals surface area contributed by atoms with Gasteiger partial charge < -0.3 is 15.4 Å². The summed E-state index contributed by atoms with van der Waals surface area (Å²) in [4.78, 5) is 11.7. The van der Waals surface area contributed by atoms with E-state index < -0.39 is 10.8 Å². The van der Waals surface area contributed by atoms with Crippen LogP contribution in [0.2, 0.25) is 0 Å². The minimum Gasteiger partial charge on any atom is -0.497 e. The lowest BCUT2D eigenvalue weighted by Gasteiger charge is -2.12. The number of amides is 1. The highest BCUT2D eigenvalue weighted by atomic mass is 32.2. The molecule has 0 heterocycles. The van der Waals surface area contributed by atoms with Gasteiger partial charge in [0.15, 0.2) is 0 Å². The van der Waals surface area contributed by atoms with Gasteiger partial charge in [0.25, 0.3) is 0 Å². The quantitative estimate of drug-likeness (QED) is 0.783. The number of ether oxygens (including phenoxy) is 1. The van der Waals surface area contributed by atoms with Crippen LogP contribution in [0.5, 0.6) is 5.75 Å². The highest BCUT2D eigenvalue weighted by Gasteiger charge is 2.07. The van der Waals surface area contributed by atoms with Gasteiger partial charge in [-0.1, -0.05) is 6.07 Å². The van der Waals surface area contributed by atoms with E-state index >= 15 is 0 Å². The molecule has 0 bridgehead atoms. The minimum absolute atomic E-state index is 0.0434. The number of carbonyl (C=O) groups excluding carboxylic acids is 1. The molecule has 0 aliphatic rings. The smallest absolute Gasteiger partial charge is 0.238 e. The van der Waals surface area contributed by atoms with Crippen LogP contribution in [0.4, 0.5) is 5.69 Å². The summed E-state index contributed by atoms with van der Waals surface area (Å²) in [5, 5.41) is 5.79. The predicted molar refractivity (Wildman–Crippen MR) is 78.0 cm³/mol. The molecule has 2 unspecified atom stereocenters. The van der Waals surface area contributed by atoms with Crippen LogP contribution in [0, 0.1) is 0 Å². The number of benzene rings is 1. The molecule has 1 aromatic carbocycles. The number of hydrogen-bond donors (Lipinski definition) is 2. The first-order valence-corrected chi connectivity index (χ1v) is 7.71. The van der Waals surface area contributed by atoms with Crippen molar-refractivity contribution in [3.63, 3.8) is 0 Å². The highest BCUT2D eigenvalue weighted by molar-refractivity contribution is 7.84. The molecule has 0 aliphatic carbocycles. The van der Waals surface area contributed by atoms with Gasteiger partial charge in [0.05, 0.1) is 13.7 Å². The summed E-state index contributed by atoms with van der Waals surface area (Å²) in [5.74, 6) is 1.09. The van der Waals surface area contributed by atoms with Crippen LogP contribution >= 0.6 is 0 Å². The monoisotopic (exact) mass is 284 g/mol. The van der Waals surface area contributed by atoms with Gasteiger partial charge in [0.1, 0.15) is 5.75 Å². The molecule has 1 aromatic rings. The number of rotatable bonds is 7. The highest BCUT2D eigenvalue weighted by Crippen LogP contribution is 2.16. The van der Waals surface area contributed by atoms with Crippen molar-refractivity contribution in [1.82, 2.24) is 5.32 Å². The Bertz CT molecular complexity index is 451. The Hall–Kier alpha value is -1.40. The van der Waals surface area contributed by atoms with Crippen LogP contribution in [-0.4, -0.2) is 41.8 Å². The summed E-state index contributed by atoms with van der Waals surface area (Å²) in [5.41, 5.74) is 0.692. The van der Waals surface area contributed by atoms with Crippen LogP contribution in [0.1, 0.15) is 6.92 Å². The van der Waals surface area contributed by atoms with E-state index in [-0.39, 0.29) is 18.5 Å². The lowest BCUT2D eigenvalue weighted by Crippen LogP contribution is -2.37. The van der Waals surface area contributed by atoms with Gasteiger partial charge in [-0.05, 0) is 19.1 Å². The fraction of sp³-hybridized carbons (Fsp3) is 0.462. The topological polar surface area (TPSA) is 67.4 Å². The molecule has 0 saturated carbocycles. The molecule has 0 spiro atoms. The molecule has 5 nitrogen and oxygen atoms in total. The van der Waals surface area contributed by atoms with Crippen LogP contribution in [0.3, 0.4) is 0 Å². The molecule has 0 radical (unpaired) electrons. The minimum atomic E-state index is -0.863. The van der Waals surface area contributed by atoms with Crippen LogP contribution in [0.25, 0.3) is 0 Å². The van der Waals surface area contributed by atoms with Gasteiger partial charge in [0, 0.05) is 40.6 Å². The second kappa shape index (κ2) is 7.91. The van der Waals surface area contributed by atoms with Crippen LogP contribution in [-0.2, 0) is 15.6 Å². The summed E-state index contributed by atoms with van der Waals surface area (Å²) >= 11 is 0. The fourth-order valence-electron chi connectivity index (χ4n) is 1.58.